The van der Waals surface area contributed by atoms with Gasteiger partial charge in [-0.2, -0.15) is 0 Å². The molecule has 3 nitrogen and oxygen atoms in total. The second-order valence-corrected chi connectivity index (χ2v) is 6.37. The molecular formula is C16H25NO2. The van der Waals surface area contributed by atoms with E-state index in [4.69, 9.17) is 9.84 Å². The maximum Gasteiger partial charge on any atom is 0.142 e. The van der Waals surface area contributed by atoms with Crippen LogP contribution in [0.1, 0.15) is 39.2 Å². The topological polar surface area (TPSA) is 32.7 Å². The van der Waals surface area contributed by atoms with Crippen LogP contribution in [0.5, 0.6) is 5.75 Å². The zero-order valence-corrected chi connectivity index (χ0v) is 12.4. The van der Waals surface area contributed by atoms with Crippen LogP contribution < -0.4 is 9.64 Å². The van der Waals surface area contributed by atoms with Crippen molar-refractivity contribution >= 4 is 5.69 Å². The number of aliphatic hydroxyl groups is 1. The standard InChI is InChI=1S/C16H25NO2/c1-16(2,3)12-7-8-15-14(10-12)17(4)13(11-19-15)6-5-9-18/h7-8,10,13,18H,5-6,9,11H2,1-4H3. The summed E-state index contributed by atoms with van der Waals surface area (Å²) in [7, 11) is 2.12. The third-order valence-corrected chi connectivity index (χ3v) is 3.88. The molecule has 1 aromatic carbocycles. The van der Waals surface area contributed by atoms with E-state index in [-0.39, 0.29) is 12.0 Å². The molecule has 1 aliphatic rings. The number of rotatable bonds is 3. The van der Waals surface area contributed by atoms with E-state index < -0.39 is 0 Å². The Bertz CT molecular complexity index is 437. The molecule has 1 unspecified atom stereocenters. The molecule has 0 amide bonds. The van der Waals surface area contributed by atoms with Gasteiger partial charge in [0.2, 0.25) is 0 Å². The molecule has 19 heavy (non-hydrogen) atoms. The number of hydrogen-bond acceptors (Lipinski definition) is 3. The second kappa shape index (κ2) is 5.41. The molecule has 1 N–H and O–H groups in total. The molecule has 3 heteroatoms. The lowest BCUT2D eigenvalue weighted by Crippen LogP contribution is -2.40. The minimum Gasteiger partial charge on any atom is -0.489 e. The number of benzene rings is 1. The van der Waals surface area contributed by atoms with Crippen LogP contribution in [0.3, 0.4) is 0 Å². The summed E-state index contributed by atoms with van der Waals surface area (Å²) in [5.41, 5.74) is 2.64. The predicted molar refractivity (Wildman–Crippen MR) is 79.1 cm³/mol. The van der Waals surface area contributed by atoms with Gasteiger partial charge in [-0.3, -0.25) is 0 Å². The molecule has 0 aliphatic carbocycles. The van der Waals surface area contributed by atoms with Crippen LogP contribution in [0.4, 0.5) is 5.69 Å². The lowest BCUT2D eigenvalue weighted by atomic mass is 9.86. The van der Waals surface area contributed by atoms with E-state index in [2.05, 4.69) is 50.9 Å². The molecule has 2 rings (SSSR count). The Morgan fingerprint density at radius 1 is 1.37 bits per heavy atom. The normalized spacial score (nSPS) is 19.0. The maximum absolute atomic E-state index is 8.97. The van der Waals surface area contributed by atoms with E-state index in [1.807, 2.05) is 0 Å². The minimum atomic E-state index is 0.147. The van der Waals surface area contributed by atoms with Crippen molar-refractivity contribution in [1.29, 1.82) is 0 Å². The summed E-state index contributed by atoms with van der Waals surface area (Å²) in [6.07, 6.45) is 1.79. The Morgan fingerprint density at radius 2 is 2.11 bits per heavy atom. The summed E-state index contributed by atoms with van der Waals surface area (Å²) >= 11 is 0. The molecule has 1 atom stereocenters. The van der Waals surface area contributed by atoms with Crippen molar-refractivity contribution < 1.29 is 9.84 Å². The van der Waals surface area contributed by atoms with Crippen molar-refractivity contribution in [2.45, 2.75) is 45.1 Å². The van der Waals surface area contributed by atoms with E-state index in [9.17, 15) is 0 Å². The fourth-order valence-corrected chi connectivity index (χ4v) is 2.48. The van der Waals surface area contributed by atoms with Crippen LogP contribution in [0, 0.1) is 0 Å². The molecule has 0 aromatic heterocycles. The van der Waals surface area contributed by atoms with Crippen LogP contribution >= 0.6 is 0 Å². The first-order valence-electron chi connectivity index (χ1n) is 7.04. The van der Waals surface area contributed by atoms with Crippen LogP contribution in [0.25, 0.3) is 0 Å². The fourth-order valence-electron chi connectivity index (χ4n) is 2.48. The summed E-state index contributed by atoms with van der Waals surface area (Å²) in [5.74, 6) is 0.968. The van der Waals surface area contributed by atoms with Gasteiger partial charge in [-0.25, -0.2) is 0 Å². The first kappa shape index (κ1) is 14.2. The van der Waals surface area contributed by atoms with E-state index in [1.54, 1.807) is 0 Å². The molecule has 106 valence electrons. The molecule has 0 spiro atoms. The van der Waals surface area contributed by atoms with E-state index in [1.165, 1.54) is 11.3 Å². The quantitative estimate of drug-likeness (QED) is 0.910. The Hall–Kier alpha value is -1.22. The van der Waals surface area contributed by atoms with Gasteiger partial charge in [0.15, 0.2) is 0 Å². The van der Waals surface area contributed by atoms with Gasteiger partial charge >= 0.3 is 0 Å². The van der Waals surface area contributed by atoms with Crippen molar-refractivity contribution in [3.8, 4) is 5.75 Å². The van der Waals surface area contributed by atoms with E-state index in [0.717, 1.165) is 18.6 Å². The van der Waals surface area contributed by atoms with Gasteiger partial charge in [-0.05, 0) is 36.0 Å². The summed E-state index contributed by atoms with van der Waals surface area (Å²) in [5, 5.41) is 8.97. The van der Waals surface area contributed by atoms with Crippen molar-refractivity contribution in [2.75, 3.05) is 25.2 Å². The lowest BCUT2D eigenvalue weighted by Gasteiger charge is -2.37. The molecule has 0 bridgehead atoms. The van der Waals surface area contributed by atoms with Gasteiger partial charge in [0.05, 0.1) is 11.7 Å². The third kappa shape index (κ3) is 3.03. The Balaban J connectivity index is 2.25. The Kier molecular flexibility index (Phi) is 4.04. The van der Waals surface area contributed by atoms with Crippen LogP contribution in [-0.2, 0) is 5.41 Å². The number of nitrogens with zero attached hydrogens (tertiary/aromatic N) is 1. The number of fused-ring (bicyclic) bond motifs is 1. The highest BCUT2D eigenvalue weighted by atomic mass is 16.5. The zero-order valence-electron chi connectivity index (χ0n) is 12.4. The predicted octanol–water partition coefficient (Wildman–Crippen LogP) is 2.95. The third-order valence-electron chi connectivity index (χ3n) is 3.88. The van der Waals surface area contributed by atoms with Crippen LogP contribution in [0.15, 0.2) is 18.2 Å². The molecule has 1 heterocycles. The molecule has 1 aliphatic heterocycles. The van der Waals surface area contributed by atoms with E-state index in [0.29, 0.717) is 12.6 Å². The van der Waals surface area contributed by atoms with Gasteiger partial charge in [0, 0.05) is 13.7 Å². The number of ether oxygens (including phenoxy) is 1. The van der Waals surface area contributed by atoms with Crippen molar-refractivity contribution in [3.63, 3.8) is 0 Å². The number of aliphatic hydroxyl groups excluding tert-OH is 1. The average molecular weight is 263 g/mol. The van der Waals surface area contributed by atoms with Crippen LogP contribution in [0.2, 0.25) is 0 Å². The van der Waals surface area contributed by atoms with Gasteiger partial charge in [-0.1, -0.05) is 26.8 Å². The summed E-state index contributed by atoms with van der Waals surface area (Å²) in [4.78, 5) is 2.30. The highest BCUT2D eigenvalue weighted by Gasteiger charge is 2.26. The van der Waals surface area contributed by atoms with Gasteiger partial charge in [0.1, 0.15) is 12.4 Å². The Labute approximate surface area is 116 Å². The first-order chi connectivity index (χ1) is 8.93. The molecular weight excluding hydrogens is 238 g/mol. The Morgan fingerprint density at radius 3 is 2.74 bits per heavy atom. The average Bonchev–Trinajstić information content (AvgIpc) is 2.37. The summed E-state index contributed by atoms with van der Waals surface area (Å²) < 4.78 is 5.85. The molecule has 0 saturated heterocycles. The molecule has 0 radical (unpaired) electrons. The smallest absolute Gasteiger partial charge is 0.142 e. The number of anilines is 1. The highest BCUT2D eigenvalue weighted by molar-refractivity contribution is 5.62. The highest BCUT2D eigenvalue weighted by Crippen LogP contribution is 2.37. The fraction of sp³-hybridized carbons (Fsp3) is 0.625. The molecule has 1 aromatic rings. The van der Waals surface area contributed by atoms with Crippen molar-refractivity contribution in [2.24, 2.45) is 0 Å². The monoisotopic (exact) mass is 263 g/mol. The second-order valence-electron chi connectivity index (χ2n) is 6.37. The number of hydrogen-bond donors (Lipinski definition) is 1. The largest absolute Gasteiger partial charge is 0.489 e. The lowest BCUT2D eigenvalue weighted by molar-refractivity contribution is 0.236. The van der Waals surface area contributed by atoms with Gasteiger partial charge in [-0.15, -0.1) is 0 Å². The van der Waals surface area contributed by atoms with Crippen molar-refractivity contribution in [3.05, 3.63) is 23.8 Å². The van der Waals surface area contributed by atoms with E-state index >= 15 is 0 Å². The molecule has 0 fully saturated rings. The molecule has 0 saturated carbocycles. The summed E-state index contributed by atoms with van der Waals surface area (Å²) in [6, 6.07) is 6.82. The van der Waals surface area contributed by atoms with Crippen molar-refractivity contribution in [1.82, 2.24) is 0 Å². The minimum absolute atomic E-state index is 0.147. The first-order valence-corrected chi connectivity index (χ1v) is 7.04. The number of likely N-dealkylation sites (N-methyl/N-ethyl adjacent to an activating group) is 1. The van der Waals surface area contributed by atoms with Gasteiger partial charge < -0.3 is 14.7 Å². The van der Waals surface area contributed by atoms with Gasteiger partial charge in [0.25, 0.3) is 0 Å². The SMILES string of the molecule is CN1c2cc(C(C)(C)C)ccc2OCC1CCCO. The zero-order chi connectivity index (χ0) is 14.0. The van der Waals surface area contributed by atoms with Crippen LogP contribution in [-0.4, -0.2) is 31.4 Å². The maximum atomic E-state index is 8.97. The summed E-state index contributed by atoms with van der Waals surface area (Å²) in [6.45, 7) is 7.63.